The van der Waals surface area contributed by atoms with Crippen LogP contribution in [0.1, 0.15) is 66.9 Å². The first-order valence-corrected chi connectivity index (χ1v) is 14.8. The van der Waals surface area contributed by atoms with E-state index in [1.807, 2.05) is 18.2 Å². The monoisotopic (exact) mass is 540 g/mol. The number of rotatable bonds is 8. The van der Waals surface area contributed by atoms with Gasteiger partial charge >= 0.3 is 0 Å². The third-order valence-electron chi connectivity index (χ3n) is 7.99. The molecule has 2 aromatic carbocycles. The zero-order chi connectivity index (χ0) is 26.2. The van der Waals surface area contributed by atoms with Crippen molar-refractivity contribution in [2.24, 2.45) is 23.5 Å². The topological polar surface area (TPSA) is 55.6 Å². The molecule has 0 radical (unpaired) electrons. The first-order chi connectivity index (χ1) is 17.9. The molecule has 0 bridgehead atoms. The third-order valence-corrected chi connectivity index (χ3v) is 8.85. The number of benzene rings is 2. The predicted octanol–water partition coefficient (Wildman–Crippen LogP) is 7.13. The molecule has 1 amide bonds. The zero-order valence-electron chi connectivity index (χ0n) is 22.0. The molecular weight excluding hydrogens is 500 g/mol. The molecule has 0 saturated heterocycles. The molecule has 6 heteroatoms. The quantitative estimate of drug-likeness (QED) is 0.276. The maximum atomic E-state index is 12.1. The molecule has 1 aliphatic heterocycles. The van der Waals surface area contributed by atoms with Crippen LogP contribution >= 0.6 is 24.2 Å². The highest BCUT2D eigenvalue weighted by Crippen LogP contribution is 2.40. The van der Waals surface area contributed by atoms with Crippen LogP contribution in [0.25, 0.3) is 0 Å². The lowest BCUT2D eigenvalue weighted by molar-refractivity contribution is 0.1000. The minimum absolute atomic E-state index is 0.407. The smallest absolute Gasteiger partial charge is 0.248 e. The summed E-state index contributed by atoms with van der Waals surface area (Å²) in [6.45, 7) is 4.69. The van der Waals surface area contributed by atoms with E-state index in [4.69, 9.17) is 22.1 Å². The van der Waals surface area contributed by atoms with Crippen molar-refractivity contribution in [2.75, 3.05) is 30.3 Å². The molecule has 4 rings (SSSR count). The van der Waals surface area contributed by atoms with Crippen LogP contribution in [0.5, 0.6) is 5.75 Å². The van der Waals surface area contributed by atoms with Gasteiger partial charge in [0.1, 0.15) is 5.75 Å². The Balaban J connectivity index is 1.56. The number of halogens is 1. The van der Waals surface area contributed by atoms with Gasteiger partial charge in [-0.1, -0.05) is 36.7 Å². The zero-order valence-corrected chi connectivity index (χ0v) is 23.7. The molecule has 4 nitrogen and oxygen atoms in total. The van der Waals surface area contributed by atoms with Gasteiger partial charge in [-0.2, -0.15) is 12.6 Å². The number of nitrogens with two attached hydrogens (primary N) is 1. The van der Waals surface area contributed by atoms with Crippen molar-refractivity contribution in [3.8, 4) is 5.75 Å². The van der Waals surface area contributed by atoms with Crippen molar-refractivity contribution in [1.29, 1.82) is 0 Å². The molecule has 2 aliphatic rings. The van der Waals surface area contributed by atoms with E-state index < -0.39 is 5.91 Å². The number of amides is 1. The SMILES string of the molecule is C[C@H](CS)C/C=C/C[C@@H]1CC[C@H]1CN1CCc2ccc(Cl)cc2CCCCOc2ccc(C(N)=O)cc21. The van der Waals surface area contributed by atoms with Crippen LogP contribution in [-0.2, 0) is 12.8 Å². The second kappa shape index (κ2) is 13.6. The van der Waals surface area contributed by atoms with Crippen LogP contribution in [0.2, 0.25) is 5.02 Å². The van der Waals surface area contributed by atoms with Gasteiger partial charge in [-0.25, -0.2) is 0 Å². The number of thiol groups is 1. The van der Waals surface area contributed by atoms with E-state index in [2.05, 4.69) is 48.7 Å². The Morgan fingerprint density at radius 2 is 1.97 bits per heavy atom. The van der Waals surface area contributed by atoms with Gasteiger partial charge in [-0.05, 0) is 116 Å². The fraction of sp³-hybridized carbons (Fsp3) is 0.516. The molecule has 0 spiro atoms. The molecule has 1 aliphatic carbocycles. The number of fused-ring (bicyclic) bond motifs is 2. The van der Waals surface area contributed by atoms with Crippen molar-refractivity contribution in [3.05, 3.63) is 70.3 Å². The Labute approximate surface area is 233 Å². The van der Waals surface area contributed by atoms with Crippen LogP contribution < -0.4 is 15.4 Å². The molecular formula is C31H41ClN2O2S. The van der Waals surface area contributed by atoms with Gasteiger partial charge < -0.3 is 15.4 Å². The number of hydrogen-bond acceptors (Lipinski definition) is 4. The molecule has 1 heterocycles. The van der Waals surface area contributed by atoms with Gasteiger partial charge in [0, 0.05) is 23.7 Å². The average Bonchev–Trinajstić information content (AvgIpc) is 2.87. The highest BCUT2D eigenvalue weighted by Gasteiger charge is 2.32. The summed E-state index contributed by atoms with van der Waals surface area (Å²) in [5, 5.41) is 0.796. The molecule has 200 valence electrons. The number of aryl methyl sites for hydroxylation is 1. The van der Waals surface area contributed by atoms with Crippen LogP contribution in [0.4, 0.5) is 5.69 Å². The van der Waals surface area contributed by atoms with Crippen LogP contribution in [0, 0.1) is 17.8 Å². The largest absolute Gasteiger partial charge is 0.491 e. The fourth-order valence-corrected chi connectivity index (χ4v) is 5.77. The minimum atomic E-state index is -0.407. The number of anilines is 1. The van der Waals surface area contributed by atoms with Crippen molar-refractivity contribution in [2.45, 2.75) is 58.3 Å². The van der Waals surface area contributed by atoms with E-state index in [9.17, 15) is 4.79 Å². The van der Waals surface area contributed by atoms with E-state index in [0.29, 0.717) is 29.9 Å². The van der Waals surface area contributed by atoms with Crippen molar-refractivity contribution in [3.63, 3.8) is 0 Å². The van der Waals surface area contributed by atoms with Crippen LogP contribution in [0.3, 0.4) is 0 Å². The van der Waals surface area contributed by atoms with Crippen molar-refractivity contribution in [1.82, 2.24) is 0 Å². The second-order valence-corrected chi connectivity index (χ2v) is 11.6. The maximum absolute atomic E-state index is 12.1. The van der Waals surface area contributed by atoms with Crippen molar-refractivity contribution < 1.29 is 9.53 Å². The number of carbonyl (C=O) groups excluding carboxylic acids is 1. The number of allylic oxidation sites excluding steroid dienone is 2. The number of nitrogens with zero attached hydrogens (tertiary/aromatic N) is 1. The highest BCUT2D eigenvalue weighted by molar-refractivity contribution is 7.80. The molecule has 1 fully saturated rings. The molecule has 2 N–H and O–H groups in total. The lowest BCUT2D eigenvalue weighted by atomic mass is 9.71. The number of hydrogen-bond donors (Lipinski definition) is 2. The molecule has 2 aromatic rings. The van der Waals surface area contributed by atoms with E-state index in [-0.39, 0.29) is 0 Å². The van der Waals surface area contributed by atoms with Crippen molar-refractivity contribution >= 4 is 35.8 Å². The number of ether oxygens (including phenoxy) is 1. The Bertz CT molecular complexity index is 1090. The van der Waals surface area contributed by atoms with Gasteiger partial charge in [0.05, 0.1) is 12.3 Å². The summed E-state index contributed by atoms with van der Waals surface area (Å²) < 4.78 is 6.27. The highest BCUT2D eigenvalue weighted by atomic mass is 35.5. The van der Waals surface area contributed by atoms with Crippen LogP contribution in [-0.4, -0.2) is 31.4 Å². The number of carbonyl (C=O) groups is 1. The Morgan fingerprint density at radius 1 is 1.14 bits per heavy atom. The van der Waals surface area contributed by atoms with Gasteiger partial charge in [-0.3, -0.25) is 4.79 Å². The summed E-state index contributed by atoms with van der Waals surface area (Å²) in [6, 6.07) is 11.9. The summed E-state index contributed by atoms with van der Waals surface area (Å²) >= 11 is 10.7. The first kappa shape index (κ1) is 27.9. The summed E-state index contributed by atoms with van der Waals surface area (Å²) in [5.74, 6) is 3.30. The standard InChI is InChI=1S/C31H41ClN2O2S/c1-22(21-37)6-2-3-7-23-9-10-27(23)20-34-16-15-24-11-13-28(32)18-25(24)8-4-5-17-36-30-14-12-26(31(33)35)19-29(30)34/h2-3,11-14,18-19,22-23,27,37H,4-10,15-17,20-21H2,1H3,(H2,33,35)/b3-2+/t22-,23+,27-/m0/s1. The van der Waals surface area contributed by atoms with Gasteiger partial charge in [0.2, 0.25) is 5.91 Å². The molecule has 3 atom stereocenters. The second-order valence-electron chi connectivity index (χ2n) is 10.8. The van der Waals surface area contributed by atoms with E-state index in [1.165, 1.54) is 24.0 Å². The van der Waals surface area contributed by atoms with E-state index in [0.717, 1.165) is 73.8 Å². The van der Waals surface area contributed by atoms with Gasteiger partial charge in [0.15, 0.2) is 0 Å². The Morgan fingerprint density at radius 3 is 2.73 bits per heavy atom. The summed E-state index contributed by atoms with van der Waals surface area (Å²) in [4.78, 5) is 14.5. The lowest BCUT2D eigenvalue weighted by Gasteiger charge is -2.41. The Kier molecular flexibility index (Phi) is 10.3. The summed E-state index contributed by atoms with van der Waals surface area (Å²) in [6.07, 6.45) is 13.4. The van der Waals surface area contributed by atoms with E-state index >= 15 is 0 Å². The van der Waals surface area contributed by atoms with Gasteiger partial charge in [-0.15, -0.1) is 0 Å². The van der Waals surface area contributed by atoms with E-state index in [1.54, 1.807) is 6.07 Å². The van der Waals surface area contributed by atoms with Crippen LogP contribution in [0.15, 0.2) is 48.6 Å². The lowest BCUT2D eigenvalue weighted by Crippen LogP contribution is -2.39. The first-order valence-electron chi connectivity index (χ1n) is 13.8. The van der Waals surface area contributed by atoms with Gasteiger partial charge in [0.25, 0.3) is 0 Å². The minimum Gasteiger partial charge on any atom is -0.491 e. The molecule has 0 aromatic heterocycles. The normalized spacial score (nSPS) is 21.1. The Hall–Kier alpha value is -2.11. The maximum Gasteiger partial charge on any atom is 0.248 e. The average molecular weight is 541 g/mol. The summed E-state index contributed by atoms with van der Waals surface area (Å²) in [5.41, 5.74) is 9.88. The molecule has 37 heavy (non-hydrogen) atoms. The fourth-order valence-electron chi connectivity index (χ4n) is 5.42. The number of primary amides is 1. The molecule has 1 saturated carbocycles. The molecule has 0 unspecified atom stereocenters. The predicted molar refractivity (Wildman–Crippen MR) is 158 cm³/mol. The summed E-state index contributed by atoms with van der Waals surface area (Å²) in [7, 11) is 0. The third kappa shape index (κ3) is 7.70.